The number of nitrogens with one attached hydrogen (secondary N) is 1. The van der Waals surface area contributed by atoms with Crippen molar-refractivity contribution in [3.05, 3.63) is 64.7 Å². The van der Waals surface area contributed by atoms with Gasteiger partial charge in [0.25, 0.3) is 0 Å². The van der Waals surface area contributed by atoms with Gasteiger partial charge in [0.05, 0.1) is 11.7 Å². The third-order valence-corrected chi connectivity index (χ3v) is 5.03. The smallest absolute Gasteiger partial charge is 0.387 e. The topological polar surface area (TPSA) is 52.6 Å². The SMILES string of the molecule is CN1CCc2cc(C(O)CNC(=O)CCc3ccc(C(F)(F)F)cc3)ccc21. The van der Waals surface area contributed by atoms with Crippen LogP contribution >= 0.6 is 0 Å². The number of carbonyl (C=O) groups excluding carboxylic acids is 1. The van der Waals surface area contributed by atoms with Crippen molar-refractivity contribution in [3.8, 4) is 0 Å². The number of benzene rings is 2. The van der Waals surface area contributed by atoms with Crippen LogP contribution in [0, 0.1) is 0 Å². The van der Waals surface area contributed by atoms with Crippen molar-refractivity contribution < 1.29 is 23.1 Å². The fourth-order valence-electron chi connectivity index (χ4n) is 3.33. The number of anilines is 1. The molecule has 0 saturated carbocycles. The minimum Gasteiger partial charge on any atom is -0.387 e. The fraction of sp³-hybridized carbons (Fsp3) is 0.381. The second-order valence-electron chi connectivity index (χ2n) is 7.07. The molecule has 2 N–H and O–H groups in total. The highest BCUT2D eigenvalue weighted by Gasteiger charge is 2.29. The lowest BCUT2D eigenvalue weighted by Crippen LogP contribution is -2.28. The Morgan fingerprint density at radius 3 is 2.61 bits per heavy atom. The van der Waals surface area contributed by atoms with E-state index in [-0.39, 0.29) is 18.9 Å². The summed E-state index contributed by atoms with van der Waals surface area (Å²) in [5, 5.41) is 13.0. The maximum absolute atomic E-state index is 12.6. The number of alkyl halides is 3. The van der Waals surface area contributed by atoms with Gasteiger partial charge in [0.2, 0.25) is 5.91 Å². The van der Waals surface area contributed by atoms with E-state index in [0.717, 1.165) is 36.3 Å². The summed E-state index contributed by atoms with van der Waals surface area (Å²) in [6.07, 6.45) is -3.74. The predicted molar refractivity (Wildman–Crippen MR) is 101 cm³/mol. The van der Waals surface area contributed by atoms with Gasteiger partial charge in [0.15, 0.2) is 0 Å². The molecule has 0 spiro atoms. The molecule has 0 saturated heterocycles. The van der Waals surface area contributed by atoms with E-state index in [9.17, 15) is 23.1 Å². The third kappa shape index (κ3) is 4.84. The summed E-state index contributed by atoms with van der Waals surface area (Å²) in [6.45, 7) is 1.05. The Morgan fingerprint density at radius 1 is 1.21 bits per heavy atom. The molecule has 0 radical (unpaired) electrons. The zero-order chi connectivity index (χ0) is 20.3. The maximum atomic E-state index is 12.6. The Balaban J connectivity index is 1.46. The zero-order valence-corrected chi connectivity index (χ0v) is 15.6. The third-order valence-electron chi connectivity index (χ3n) is 5.03. The number of halogens is 3. The van der Waals surface area contributed by atoms with Crippen molar-refractivity contribution in [1.29, 1.82) is 0 Å². The van der Waals surface area contributed by atoms with Crippen LogP contribution in [0.3, 0.4) is 0 Å². The van der Waals surface area contributed by atoms with Crippen LogP contribution in [0.15, 0.2) is 42.5 Å². The quantitative estimate of drug-likeness (QED) is 0.792. The average molecular weight is 392 g/mol. The molecule has 1 atom stereocenters. The van der Waals surface area contributed by atoms with Crippen LogP contribution < -0.4 is 10.2 Å². The van der Waals surface area contributed by atoms with Gasteiger partial charge < -0.3 is 15.3 Å². The highest BCUT2D eigenvalue weighted by molar-refractivity contribution is 5.76. The normalized spacial score (nSPS) is 14.7. The monoisotopic (exact) mass is 392 g/mol. The van der Waals surface area contributed by atoms with Gasteiger partial charge in [0, 0.05) is 32.2 Å². The molecule has 150 valence electrons. The van der Waals surface area contributed by atoms with Gasteiger partial charge >= 0.3 is 6.18 Å². The Hall–Kier alpha value is -2.54. The standard InChI is InChI=1S/C21H23F3N2O2/c1-26-11-10-15-12-16(5-8-18(15)26)19(27)13-25-20(28)9-4-14-2-6-17(7-3-14)21(22,23)24/h2-3,5-8,12,19,27H,4,9-11,13H2,1H3,(H,25,28). The minimum absolute atomic E-state index is 0.0977. The van der Waals surface area contributed by atoms with Crippen molar-refractivity contribution >= 4 is 11.6 Å². The fourth-order valence-corrected chi connectivity index (χ4v) is 3.33. The summed E-state index contributed by atoms with van der Waals surface area (Å²) in [5.41, 5.74) is 3.07. The van der Waals surface area contributed by atoms with Gasteiger partial charge in [-0.1, -0.05) is 24.3 Å². The van der Waals surface area contributed by atoms with Crippen molar-refractivity contribution in [2.24, 2.45) is 0 Å². The van der Waals surface area contributed by atoms with Crippen molar-refractivity contribution in [2.75, 3.05) is 25.0 Å². The highest BCUT2D eigenvalue weighted by Crippen LogP contribution is 2.30. The van der Waals surface area contributed by atoms with Gasteiger partial charge in [-0.05, 0) is 47.7 Å². The largest absolute Gasteiger partial charge is 0.416 e. The molecule has 7 heteroatoms. The Morgan fingerprint density at radius 2 is 1.93 bits per heavy atom. The van der Waals surface area contributed by atoms with Gasteiger partial charge in [0.1, 0.15) is 0 Å². The van der Waals surface area contributed by atoms with Gasteiger partial charge in [-0.25, -0.2) is 0 Å². The molecule has 1 aliphatic rings. The number of aliphatic hydroxyl groups is 1. The van der Waals surface area contributed by atoms with Gasteiger partial charge in [-0.2, -0.15) is 13.2 Å². The van der Waals surface area contributed by atoms with E-state index in [4.69, 9.17) is 0 Å². The molecule has 1 unspecified atom stereocenters. The summed E-state index contributed by atoms with van der Waals surface area (Å²) in [6, 6.07) is 10.6. The molecule has 1 aliphatic heterocycles. The van der Waals surface area contributed by atoms with Crippen molar-refractivity contribution in [1.82, 2.24) is 5.32 Å². The molecule has 2 aromatic carbocycles. The van der Waals surface area contributed by atoms with E-state index in [1.54, 1.807) is 0 Å². The minimum atomic E-state index is -4.36. The lowest BCUT2D eigenvalue weighted by molar-refractivity contribution is -0.137. The summed E-state index contributed by atoms with van der Waals surface area (Å²) in [7, 11) is 2.03. The summed E-state index contributed by atoms with van der Waals surface area (Å²) < 4.78 is 37.7. The number of hydrogen-bond acceptors (Lipinski definition) is 3. The molecule has 28 heavy (non-hydrogen) atoms. The van der Waals surface area contributed by atoms with E-state index in [1.807, 2.05) is 25.2 Å². The molecule has 0 fully saturated rings. The van der Waals surface area contributed by atoms with Crippen molar-refractivity contribution in [2.45, 2.75) is 31.5 Å². The molecule has 0 aromatic heterocycles. The lowest BCUT2D eigenvalue weighted by atomic mass is 10.0. The molecule has 0 aliphatic carbocycles. The zero-order valence-electron chi connectivity index (χ0n) is 15.6. The Labute approximate surface area is 162 Å². The molecular formula is C21H23F3N2O2. The van der Waals surface area contributed by atoms with E-state index >= 15 is 0 Å². The molecule has 0 bridgehead atoms. The van der Waals surface area contributed by atoms with Crippen LogP contribution in [-0.4, -0.2) is 31.2 Å². The Kier molecular flexibility index (Phi) is 5.93. The summed E-state index contributed by atoms with van der Waals surface area (Å²) >= 11 is 0. The number of hydrogen-bond donors (Lipinski definition) is 2. The van der Waals surface area contributed by atoms with Gasteiger partial charge in [-0.3, -0.25) is 4.79 Å². The van der Waals surface area contributed by atoms with E-state index in [1.165, 1.54) is 17.7 Å². The van der Waals surface area contributed by atoms with Crippen LogP contribution in [0.5, 0.6) is 0 Å². The Bertz CT molecular complexity index is 835. The molecule has 3 rings (SSSR count). The van der Waals surface area contributed by atoms with Crippen LogP contribution in [0.4, 0.5) is 18.9 Å². The summed E-state index contributed by atoms with van der Waals surface area (Å²) in [5.74, 6) is -0.250. The maximum Gasteiger partial charge on any atom is 0.416 e. The average Bonchev–Trinajstić information content (AvgIpc) is 3.04. The number of nitrogens with zero attached hydrogens (tertiary/aromatic N) is 1. The van der Waals surface area contributed by atoms with Crippen LogP contribution in [0.2, 0.25) is 0 Å². The van der Waals surface area contributed by atoms with E-state index in [0.29, 0.717) is 12.0 Å². The van der Waals surface area contributed by atoms with E-state index in [2.05, 4.69) is 10.2 Å². The number of fused-ring (bicyclic) bond motifs is 1. The first kappa shape index (κ1) is 20.2. The lowest BCUT2D eigenvalue weighted by Gasteiger charge is -2.15. The number of carbonyl (C=O) groups is 1. The second-order valence-corrected chi connectivity index (χ2v) is 7.07. The second kappa shape index (κ2) is 8.22. The van der Waals surface area contributed by atoms with E-state index < -0.39 is 17.8 Å². The molecule has 1 amide bonds. The van der Waals surface area contributed by atoms with Crippen LogP contribution in [-0.2, 0) is 23.8 Å². The number of aryl methyl sites for hydroxylation is 1. The van der Waals surface area contributed by atoms with Crippen LogP contribution in [0.25, 0.3) is 0 Å². The van der Waals surface area contributed by atoms with Crippen molar-refractivity contribution in [3.63, 3.8) is 0 Å². The number of amides is 1. The molecular weight excluding hydrogens is 369 g/mol. The molecule has 4 nitrogen and oxygen atoms in total. The number of likely N-dealkylation sites (N-methyl/N-ethyl adjacent to an activating group) is 1. The predicted octanol–water partition coefficient (Wildman–Crippen LogP) is 3.48. The first-order chi connectivity index (χ1) is 13.2. The van der Waals surface area contributed by atoms with Gasteiger partial charge in [-0.15, -0.1) is 0 Å². The molecule has 1 heterocycles. The molecule has 2 aromatic rings. The van der Waals surface area contributed by atoms with Crippen LogP contribution in [0.1, 0.15) is 34.8 Å². The first-order valence-corrected chi connectivity index (χ1v) is 9.19. The number of rotatable bonds is 6. The summed E-state index contributed by atoms with van der Waals surface area (Å²) in [4.78, 5) is 14.2. The first-order valence-electron chi connectivity index (χ1n) is 9.19. The highest BCUT2D eigenvalue weighted by atomic mass is 19.4. The number of aliphatic hydroxyl groups excluding tert-OH is 1.